The summed E-state index contributed by atoms with van der Waals surface area (Å²) in [6.07, 6.45) is 5.00. The SMILES string of the molecule is CCCCCc1cccc2c(Cl)cccc12. The first-order chi connectivity index (χ1) is 7.83. The highest BCUT2D eigenvalue weighted by Gasteiger charge is 2.02. The van der Waals surface area contributed by atoms with Crippen LogP contribution in [0.15, 0.2) is 36.4 Å². The summed E-state index contributed by atoms with van der Waals surface area (Å²) < 4.78 is 0. The standard InChI is InChI=1S/C15H17Cl/c1-2-3-4-7-12-8-5-10-14-13(12)9-6-11-15(14)16/h5-6,8-11H,2-4,7H2,1H3. The quantitative estimate of drug-likeness (QED) is 0.634. The predicted molar refractivity (Wildman–Crippen MR) is 72.2 cm³/mol. The van der Waals surface area contributed by atoms with Crippen LogP contribution in [0.2, 0.25) is 5.02 Å². The van der Waals surface area contributed by atoms with Gasteiger partial charge in [-0.1, -0.05) is 61.7 Å². The molecule has 2 aromatic rings. The monoisotopic (exact) mass is 232 g/mol. The average Bonchev–Trinajstić information content (AvgIpc) is 2.31. The second-order valence-corrected chi connectivity index (χ2v) is 4.62. The third kappa shape index (κ3) is 2.38. The van der Waals surface area contributed by atoms with E-state index in [1.54, 1.807) is 0 Å². The van der Waals surface area contributed by atoms with Crippen LogP contribution in [0.1, 0.15) is 31.7 Å². The van der Waals surface area contributed by atoms with Gasteiger partial charge in [0.2, 0.25) is 0 Å². The van der Waals surface area contributed by atoms with E-state index in [0.717, 1.165) is 11.4 Å². The van der Waals surface area contributed by atoms with E-state index in [1.807, 2.05) is 12.1 Å². The van der Waals surface area contributed by atoms with Crippen LogP contribution >= 0.6 is 11.6 Å². The van der Waals surface area contributed by atoms with Crippen molar-refractivity contribution >= 4 is 22.4 Å². The lowest BCUT2D eigenvalue weighted by molar-refractivity contribution is 0.719. The summed E-state index contributed by atoms with van der Waals surface area (Å²) in [5.74, 6) is 0. The van der Waals surface area contributed by atoms with Crippen LogP contribution in [0.4, 0.5) is 0 Å². The summed E-state index contributed by atoms with van der Waals surface area (Å²) in [6.45, 7) is 2.24. The molecule has 0 spiro atoms. The Balaban J connectivity index is 2.34. The molecular formula is C15H17Cl. The van der Waals surface area contributed by atoms with Crippen molar-refractivity contribution in [3.05, 3.63) is 47.0 Å². The summed E-state index contributed by atoms with van der Waals surface area (Å²) in [6, 6.07) is 12.6. The Morgan fingerprint density at radius 1 is 0.938 bits per heavy atom. The highest BCUT2D eigenvalue weighted by Crippen LogP contribution is 2.26. The number of rotatable bonds is 4. The fourth-order valence-corrected chi connectivity index (χ4v) is 2.36. The van der Waals surface area contributed by atoms with Gasteiger partial charge >= 0.3 is 0 Å². The number of fused-ring (bicyclic) bond motifs is 1. The Morgan fingerprint density at radius 3 is 2.50 bits per heavy atom. The first kappa shape index (κ1) is 11.5. The molecule has 0 aliphatic heterocycles. The van der Waals surface area contributed by atoms with Crippen LogP contribution in [0.25, 0.3) is 10.8 Å². The van der Waals surface area contributed by atoms with Crippen LogP contribution in [-0.2, 0) is 6.42 Å². The Kier molecular flexibility index (Phi) is 3.84. The molecule has 0 aliphatic rings. The van der Waals surface area contributed by atoms with Crippen LogP contribution < -0.4 is 0 Å². The molecule has 0 atom stereocenters. The van der Waals surface area contributed by atoms with Crippen molar-refractivity contribution in [2.75, 3.05) is 0 Å². The van der Waals surface area contributed by atoms with E-state index in [1.165, 1.54) is 35.6 Å². The first-order valence-corrected chi connectivity index (χ1v) is 6.37. The van der Waals surface area contributed by atoms with Gasteiger partial charge in [-0.3, -0.25) is 0 Å². The van der Waals surface area contributed by atoms with Crippen molar-refractivity contribution in [3.8, 4) is 0 Å². The molecule has 1 heteroatoms. The molecule has 0 fully saturated rings. The molecule has 0 radical (unpaired) electrons. The van der Waals surface area contributed by atoms with Crippen molar-refractivity contribution in [1.82, 2.24) is 0 Å². The lowest BCUT2D eigenvalue weighted by Gasteiger charge is -2.07. The number of aryl methyl sites for hydroxylation is 1. The molecule has 0 nitrogen and oxygen atoms in total. The molecular weight excluding hydrogens is 216 g/mol. The summed E-state index contributed by atoms with van der Waals surface area (Å²) in [5, 5.41) is 3.35. The highest BCUT2D eigenvalue weighted by atomic mass is 35.5. The van der Waals surface area contributed by atoms with Crippen LogP contribution in [0.3, 0.4) is 0 Å². The predicted octanol–water partition coefficient (Wildman–Crippen LogP) is 5.23. The second-order valence-electron chi connectivity index (χ2n) is 4.21. The van der Waals surface area contributed by atoms with Gasteiger partial charge in [-0.05, 0) is 29.9 Å². The van der Waals surface area contributed by atoms with Crippen molar-refractivity contribution in [1.29, 1.82) is 0 Å². The molecule has 0 aliphatic carbocycles. The van der Waals surface area contributed by atoms with Gasteiger partial charge < -0.3 is 0 Å². The molecule has 0 amide bonds. The number of hydrogen-bond acceptors (Lipinski definition) is 0. The van der Waals surface area contributed by atoms with Gasteiger partial charge in [-0.15, -0.1) is 0 Å². The molecule has 0 bridgehead atoms. The van der Waals surface area contributed by atoms with E-state index < -0.39 is 0 Å². The lowest BCUT2D eigenvalue weighted by atomic mass is 10.00. The van der Waals surface area contributed by atoms with Gasteiger partial charge in [0.05, 0.1) is 0 Å². The van der Waals surface area contributed by atoms with Crippen molar-refractivity contribution in [3.63, 3.8) is 0 Å². The maximum atomic E-state index is 6.19. The fraction of sp³-hybridized carbons (Fsp3) is 0.333. The second kappa shape index (κ2) is 5.36. The van der Waals surface area contributed by atoms with Gasteiger partial charge in [-0.25, -0.2) is 0 Å². The Labute approximate surface area is 102 Å². The molecule has 0 heterocycles. The number of benzene rings is 2. The highest BCUT2D eigenvalue weighted by molar-refractivity contribution is 6.35. The van der Waals surface area contributed by atoms with E-state index >= 15 is 0 Å². The smallest absolute Gasteiger partial charge is 0.0484 e. The molecule has 84 valence electrons. The molecule has 0 unspecified atom stereocenters. The van der Waals surface area contributed by atoms with Crippen LogP contribution in [0, 0.1) is 0 Å². The molecule has 0 N–H and O–H groups in total. The zero-order valence-corrected chi connectivity index (χ0v) is 10.4. The maximum Gasteiger partial charge on any atom is 0.0484 e. The summed E-state index contributed by atoms with van der Waals surface area (Å²) in [7, 11) is 0. The van der Waals surface area contributed by atoms with Gasteiger partial charge in [0.15, 0.2) is 0 Å². The van der Waals surface area contributed by atoms with Crippen LogP contribution in [0.5, 0.6) is 0 Å². The van der Waals surface area contributed by atoms with E-state index in [2.05, 4.69) is 31.2 Å². The van der Waals surface area contributed by atoms with E-state index in [4.69, 9.17) is 11.6 Å². The number of hydrogen-bond donors (Lipinski definition) is 0. The summed E-state index contributed by atoms with van der Waals surface area (Å²) in [4.78, 5) is 0. The Morgan fingerprint density at radius 2 is 1.69 bits per heavy atom. The number of halogens is 1. The molecule has 2 rings (SSSR count). The van der Waals surface area contributed by atoms with Crippen molar-refractivity contribution in [2.45, 2.75) is 32.6 Å². The minimum absolute atomic E-state index is 0.856. The van der Waals surface area contributed by atoms with E-state index in [9.17, 15) is 0 Å². The minimum atomic E-state index is 0.856. The van der Waals surface area contributed by atoms with E-state index in [-0.39, 0.29) is 0 Å². The molecule has 0 saturated carbocycles. The lowest BCUT2D eigenvalue weighted by Crippen LogP contribution is -1.87. The van der Waals surface area contributed by atoms with Gasteiger partial charge in [0.1, 0.15) is 0 Å². The number of unbranched alkanes of at least 4 members (excludes halogenated alkanes) is 2. The largest absolute Gasteiger partial charge is 0.0837 e. The normalized spacial score (nSPS) is 10.9. The van der Waals surface area contributed by atoms with Crippen molar-refractivity contribution in [2.24, 2.45) is 0 Å². The Hall–Kier alpha value is -1.01. The van der Waals surface area contributed by atoms with Crippen molar-refractivity contribution < 1.29 is 0 Å². The minimum Gasteiger partial charge on any atom is -0.0837 e. The topological polar surface area (TPSA) is 0 Å². The first-order valence-electron chi connectivity index (χ1n) is 5.99. The summed E-state index contributed by atoms with van der Waals surface area (Å²) >= 11 is 6.19. The average molecular weight is 233 g/mol. The molecule has 16 heavy (non-hydrogen) atoms. The zero-order chi connectivity index (χ0) is 11.4. The van der Waals surface area contributed by atoms with E-state index in [0.29, 0.717) is 0 Å². The van der Waals surface area contributed by atoms with Gasteiger partial charge in [0, 0.05) is 10.4 Å². The third-order valence-electron chi connectivity index (χ3n) is 3.01. The Bertz CT molecular complexity index is 474. The maximum absolute atomic E-state index is 6.19. The molecule has 0 saturated heterocycles. The third-order valence-corrected chi connectivity index (χ3v) is 3.34. The van der Waals surface area contributed by atoms with Gasteiger partial charge in [-0.2, -0.15) is 0 Å². The van der Waals surface area contributed by atoms with Crippen LogP contribution in [-0.4, -0.2) is 0 Å². The summed E-state index contributed by atoms with van der Waals surface area (Å²) in [5.41, 5.74) is 1.42. The molecule has 2 aromatic carbocycles. The zero-order valence-electron chi connectivity index (χ0n) is 9.67. The van der Waals surface area contributed by atoms with Gasteiger partial charge in [0.25, 0.3) is 0 Å². The fourth-order valence-electron chi connectivity index (χ4n) is 2.12. The molecule has 0 aromatic heterocycles.